The molecular formula is C10H17N2O14P3S. The van der Waals surface area contributed by atoms with E-state index >= 15 is 0 Å². The van der Waals surface area contributed by atoms with E-state index in [1.54, 1.807) is 0 Å². The Labute approximate surface area is 171 Å². The molecule has 3 unspecified atom stereocenters. The Morgan fingerprint density at radius 1 is 1.17 bits per heavy atom. The summed E-state index contributed by atoms with van der Waals surface area (Å²) in [4.78, 5) is 61.3. The molecule has 0 bridgehead atoms. The van der Waals surface area contributed by atoms with E-state index in [1.807, 2.05) is 4.98 Å². The van der Waals surface area contributed by atoms with Gasteiger partial charge in [0.1, 0.15) is 24.4 Å². The topological polar surface area (TPSA) is 247 Å². The second kappa shape index (κ2) is 9.10. The van der Waals surface area contributed by atoms with Crippen molar-refractivity contribution in [2.75, 3.05) is 6.61 Å². The van der Waals surface area contributed by atoms with Crippen LogP contribution >= 0.6 is 22.4 Å². The number of hydrogen-bond donors (Lipinski definition) is 7. The molecule has 1 saturated heterocycles. The first-order valence-corrected chi connectivity index (χ1v) is 13.2. The molecule has 1 aromatic heterocycles. The number of rotatable bonds is 8. The minimum absolute atomic E-state index is 0.208. The van der Waals surface area contributed by atoms with Crippen molar-refractivity contribution in [3.8, 4) is 0 Å². The summed E-state index contributed by atoms with van der Waals surface area (Å²) in [5.74, 6) is 0. The highest BCUT2D eigenvalue weighted by atomic mass is 32.5. The van der Waals surface area contributed by atoms with E-state index in [2.05, 4.69) is 20.4 Å². The van der Waals surface area contributed by atoms with Crippen molar-refractivity contribution in [3.63, 3.8) is 0 Å². The summed E-state index contributed by atoms with van der Waals surface area (Å²) in [5.41, 5.74) is -1.83. The van der Waals surface area contributed by atoms with Gasteiger partial charge in [-0.25, -0.2) is 18.2 Å². The number of ether oxygens (including phenoxy) is 1. The second-order valence-corrected chi connectivity index (χ2v) is 11.7. The number of hydrogen-bond acceptors (Lipinski definition) is 11. The van der Waals surface area contributed by atoms with Gasteiger partial charge in [0, 0.05) is 13.2 Å². The fourth-order valence-electron chi connectivity index (χ4n) is 2.40. The van der Waals surface area contributed by atoms with Gasteiger partial charge in [-0.05, 0) is 11.8 Å². The average molecular weight is 514 g/mol. The SMILES string of the molecule is Cn1cc([C@@H]2O[C@H](COP(O)(=S)OP(=O)(O)OP(=O)(O)O)[C@H](O)C2O)c(=O)[nH]c1=O. The molecule has 6 atom stereocenters. The molecule has 0 saturated carbocycles. The standard InChI is InChI=1S/C10H17N2O14P3S/c1-12-2-4(9(15)11-10(12)16)8-7(14)6(13)5(24-8)3-23-29(22,30)26-28(20,21)25-27(17,18)19/h2,5-8,13-14H,3H2,1H3,(H,20,21)(H,22,30)(H,11,15,16)(H2,17,18,19)/t5-,6+,7?,8+,29?/m1/s1. The van der Waals surface area contributed by atoms with Gasteiger partial charge in [0.05, 0.1) is 12.2 Å². The minimum Gasteiger partial charge on any atom is -0.387 e. The molecule has 1 aromatic rings. The third kappa shape index (κ3) is 6.69. The molecule has 16 nitrogen and oxygen atoms in total. The van der Waals surface area contributed by atoms with Crippen LogP contribution in [0.15, 0.2) is 15.8 Å². The van der Waals surface area contributed by atoms with Gasteiger partial charge in [-0.2, -0.15) is 4.31 Å². The summed E-state index contributed by atoms with van der Waals surface area (Å²) in [6.07, 6.45) is -5.12. The molecular weight excluding hydrogens is 497 g/mol. The summed E-state index contributed by atoms with van der Waals surface area (Å²) in [7, 11) is -9.69. The van der Waals surface area contributed by atoms with E-state index in [4.69, 9.17) is 19.0 Å². The monoisotopic (exact) mass is 514 g/mol. The predicted octanol–water partition coefficient (Wildman–Crippen LogP) is -2.31. The first-order valence-electron chi connectivity index (χ1n) is 7.61. The third-order valence-electron chi connectivity index (χ3n) is 3.62. The van der Waals surface area contributed by atoms with Crippen molar-refractivity contribution in [3.05, 3.63) is 32.6 Å². The molecule has 30 heavy (non-hydrogen) atoms. The van der Waals surface area contributed by atoms with Crippen molar-refractivity contribution in [1.29, 1.82) is 0 Å². The van der Waals surface area contributed by atoms with Crippen LogP contribution in [-0.4, -0.2) is 64.3 Å². The lowest BCUT2D eigenvalue weighted by Crippen LogP contribution is -2.35. The Kier molecular flexibility index (Phi) is 7.78. The lowest BCUT2D eigenvalue weighted by Gasteiger charge is -2.21. The van der Waals surface area contributed by atoms with E-state index in [9.17, 15) is 38.7 Å². The normalized spacial score (nSPS) is 28.8. The first-order chi connectivity index (χ1) is 13.5. The summed E-state index contributed by atoms with van der Waals surface area (Å²) in [6.45, 7) is -5.48. The van der Waals surface area contributed by atoms with Crippen LogP contribution in [0.5, 0.6) is 0 Å². The van der Waals surface area contributed by atoms with Crippen molar-refractivity contribution < 1.29 is 56.8 Å². The lowest BCUT2D eigenvalue weighted by atomic mass is 10.0. The second-order valence-electron chi connectivity index (χ2n) is 5.92. The van der Waals surface area contributed by atoms with Crippen molar-refractivity contribution in [1.82, 2.24) is 9.55 Å². The molecule has 1 aliphatic rings. The van der Waals surface area contributed by atoms with Gasteiger partial charge in [0.2, 0.25) is 0 Å². The molecule has 20 heteroatoms. The molecule has 2 rings (SSSR count). The Hall–Kier alpha value is -0.610. The number of nitrogens with one attached hydrogen (secondary N) is 1. The van der Waals surface area contributed by atoms with Crippen LogP contribution in [0.1, 0.15) is 11.7 Å². The molecule has 2 heterocycles. The number of phosphoric acid groups is 2. The molecule has 1 fully saturated rings. The Bertz CT molecular complexity index is 1050. The lowest BCUT2D eigenvalue weighted by molar-refractivity contribution is -0.0197. The van der Waals surface area contributed by atoms with Gasteiger partial charge in [-0.15, -0.1) is 0 Å². The van der Waals surface area contributed by atoms with Gasteiger partial charge < -0.3 is 43.6 Å². The number of aliphatic hydroxyl groups excluding tert-OH is 2. The highest BCUT2D eigenvalue weighted by Crippen LogP contribution is 2.66. The number of aromatic amines is 1. The van der Waals surface area contributed by atoms with Crippen LogP contribution in [-0.2, 0) is 45.9 Å². The highest BCUT2D eigenvalue weighted by molar-refractivity contribution is 8.08. The van der Waals surface area contributed by atoms with E-state index in [0.717, 1.165) is 10.8 Å². The first kappa shape index (κ1) is 25.6. The smallest absolute Gasteiger partial charge is 0.387 e. The van der Waals surface area contributed by atoms with Crippen LogP contribution in [0.25, 0.3) is 0 Å². The Morgan fingerprint density at radius 2 is 1.77 bits per heavy atom. The summed E-state index contributed by atoms with van der Waals surface area (Å²) < 4.78 is 40.6. The number of nitrogens with zero attached hydrogens (tertiary/aromatic N) is 1. The molecule has 1 aliphatic heterocycles. The fourth-order valence-corrected chi connectivity index (χ4v) is 6.37. The van der Waals surface area contributed by atoms with Gasteiger partial charge in [0.25, 0.3) is 5.56 Å². The molecule has 7 N–H and O–H groups in total. The molecule has 0 aliphatic carbocycles. The van der Waals surface area contributed by atoms with Gasteiger partial charge in [-0.1, -0.05) is 0 Å². The Balaban J connectivity index is 2.09. The zero-order valence-electron chi connectivity index (χ0n) is 14.7. The molecule has 0 radical (unpaired) electrons. The molecule has 0 spiro atoms. The number of aryl methyl sites for hydroxylation is 1. The molecule has 0 aromatic carbocycles. The van der Waals surface area contributed by atoms with Crippen LogP contribution < -0.4 is 11.2 Å². The van der Waals surface area contributed by atoms with Crippen molar-refractivity contribution in [2.24, 2.45) is 7.05 Å². The van der Waals surface area contributed by atoms with E-state index in [-0.39, 0.29) is 5.56 Å². The van der Waals surface area contributed by atoms with Crippen LogP contribution in [0.2, 0.25) is 0 Å². The minimum atomic E-state index is -5.52. The number of aromatic nitrogens is 2. The Morgan fingerprint density at radius 3 is 2.33 bits per heavy atom. The van der Waals surface area contributed by atoms with E-state index in [0.29, 0.717) is 0 Å². The molecule has 172 valence electrons. The van der Waals surface area contributed by atoms with Crippen molar-refractivity contribution >= 4 is 34.2 Å². The number of H-pyrrole nitrogens is 1. The quantitative estimate of drug-likeness (QED) is 0.180. The zero-order valence-corrected chi connectivity index (χ0v) is 18.2. The third-order valence-corrected chi connectivity index (χ3v) is 8.34. The predicted molar refractivity (Wildman–Crippen MR) is 98.4 cm³/mol. The maximum Gasteiger partial charge on any atom is 0.488 e. The number of aliphatic hydroxyl groups is 2. The van der Waals surface area contributed by atoms with Crippen LogP contribution in [0, 0.1) is 0 Å². The fraction of sp³-hybridized carbons (Fsp3) is 0.600. The van der Waals surface area contributed by atoms with Gasteiger partial charge >= 0.3 is 28.1 Å². The van der Waals surface area contributed by atoms with Gasteiger partial charge in [0.15, 0.2) is 0 Å². The van der Waals surface area contributed by atoms with E-state index in [1.165, 1.54) is 7.05 Å². The van der Waals surface area contributed by atoms with E-state index < -0.39 is 64.6 Å². The summed E-state index contributed by atoms with van der Waals surface area (Å²) in [5, 5.41) is 20.2. The molecule has 0 amide bonds. The van der Waals surface area contributed by atoms with Crippen molar-refractivity contribution in [2.45, 2.75) is 24.4 Å². The van der Waals surface area contributed by atoms with Gasteiger partial charge in [-0.3, -0.25) is 9.78 Å². The maximum atomic E-state index is 11.9. The summed E-state index contributed by atoms with van der Waals surface area (Å²) >= 11 is 4.42. The highest BCUT2D eigenvalue weighted by Gasteiger charge is 2.46. The zero-order chi connectivity index (χ0) is 23.1. The van der Waals surface area contributed by atoms with Crippen LogP contribution in [0.3, 0.4) is 0 Å². The largest absolute Gasteiger partial charge is 0.488 e. The van der Waals surface area contributed by atoms with Crippen LogP contribution in [0.4, 0.5) is 0 Å². The maximum absolute atomic E-state index is 11.9. The average Bonchev–Trinajstić information content (AvgIpc) is 2.81. The summed E-state index contributed by atoms with van der Waals surface area (Å²) in [6, 6.07) is 0.